The van der Waals surface area contributed by atoms with Gasteiger partial charge in [0.2, 0.25) is 0 Å². The van der Waals surface area contributed by atoms with Gasteiger partial charge in [-0.1, -0.05) is 60.7 Å². The van der Waals surface area contributed by atoms with Crippen LogP contribution in [0.3, 0.4) is 0 Å². The lowest BCUT2D eigenvalue weighted by atomic mass is 10.1. The second-order valence-electron chi connectivity index (χ2n) is 5.47. The highest BCUT2D eigenvalue weighted by Crippen LogP contribution is 2.04. The Labute approximate surface area is 134 Å². The minimum atomic E-state index is 0. The average molecular weight is 305 g/mol. The fourth-order valence-electron chi connectivity index (χ4n) is 2.32. The predicted octanol–water partition coefficient (Wildman–Crippen LogP) is 3.76. The second-order valence-corrected chi connectivity index (χ2v) is 5.47. The standard InChI is InChI=1S/C18H24N2.ClH/c1-15(13-17-9-5-3-6-10-17)19-20-16(2)14-18-11-7-4-8-12-18;/h3-12,15-16,19-20H,13-14H2,1-2H3;1H. The molecule has 2 nitrogen and oxygen atoms in total. The van der Waals surface area contributed by atoms with Gasteiger partial charge in [0, 0.05) is 12.1 Å². The largest absolute Gasteiger partial charge is 0.254 e. The van der Waals surface area contributed by atoms with Crippen molar-refractivity contribution in [2.75, 3.05) is 0 Å². The van der Waals surface area contributed by atoms with E-state index in [0.29, 0.717) is 12.1 Å². The van der Waals surface area contributed by atoms with Crippen LogP contribution in [0.4, 0.5) is 0 Å². The van der Waals surface area contributed by atoms with Crippen LogP contribution in [0.15, 0.2) is 60.7 Å². The summed E-state index contributed by atoms with van der Waals surface area (Å²) in [5.41, 5.74) is 9.53. The van der Waals surface area contributed by atoms with Crippen LogP contribution >= 0.6 is 12.4 Å². The topological polar surface area (TPSA) is 24.1 Å². The molecule has 0 aromatic heterocycles. The second kappa shape index (κ2) is 9.56. The summed E-state index contributed by atoms with van der Waals surface area (Å²) in [6, 6.07) is 22.0. The van der Waals surface area contributed by atoms with Gasteiger partial charge in [-0.2, -0.15) is 0 Å². The van der Waals surface area contributed by atoms with Gasteiger partial charge in [-0.15, -0.1) is 12.4 Å². The van der Waals surface area contributed by atoms with Gasteiger partial charge in [-0.3, -0.25) is 10.9 Å². The highest BCUT2D eigenvalue weighted by Gasteiger charge is 2.06. The quantitative estimate of drug-likeness (QED) is 0.761. The fraction of sp³-hybridized carbons (Fsp3) is 0.333. The molecule has 0 aliphatic carbocycles. The molecule has 0 amide bonds. The Kier molecular flexibility index (Phi) is 8.06. The molecule has 3 heteroatoms. The normalized spacial score (nSPS) is 13.2. The molecule has 0 fully saturated rings. The van der Waals surface area contributed by atoms with E-state index in [-0.39, 0.29) is 12.4 Å². The van der Waals surface area contributed by atoms with Crippen molar-refractivity contribution in [3.05, 3.63) is 71.8 Å². The van der Waals surface area contributed by atoms with Gasteiger partial charge in [0.05, 0.1) is 0 Å². The Hall–Kier alpha value is -1.35. The molecule has 0 bridgehead atoms. The number of hydrazine groups is 1. The van der Waals surface area contributed by atoms with Crippen molar-refractivity contribution < 1.29 is 0 Å². The Morgan fingerprint density at radius 2 is 1.00 bits per heavy atom. The maximum Gasteiger partial charge on any atom is 0.0225 e. The van der Waals surface area contributed by atoms with Crippen molar-refractivity contribution in [3.63, 3.8) is 0 Å². The minimum Gasteiger partial charge on any atom is -0.254 e. The summed E-state index contributed by atoms with van der Waals surface area (Å²) in [4.78, 5) is 0. The number of hydrogen-bond acceptors (Lipinski definition) is 2. The van der Waals surface area contributed by atoms with Crippen LogP contribution in [0.1, 0.15) is 25.0 Å². The van der Waals surface area contributed by atoms with E-state index in [2.05, 4.69) is 85.4 Å². The zero-order valence-electron chi connectivity index (χ0n) is 12.8. The maximum absolute atomic E-state index is 3.40. The third kappa shape index (κ3) is 6.76. The Bertz CT molecular complexity index is 440. The first-order valence-electron chi connectivity index (χ1n) is 7.33. The molecule has 0 saturated heterocycles. The predicted molar refractivity (Wildman–Crippen MR) is 92.7 cm³/mol. The average Bonchev–Trinajstić information content (AvgIpc) is 2.47. The molecular weight excluding hydrogens is 280 g/mol. The van der Waals surface area contributed by atoms with Crippen molar-refractivity contribution in [2.45, 2.75) is 38.8 Å². The van der Waals surface area contributed by atoms with E-state index in [1.807, 2.05) is 0 Å². The molecule has 0 radical (unpaired) electrons. The van der Waals surface area contributed by atoms with Crippen molar-refractivity contribution in [3.8, 4) is 0 Å². The van der Waals surface area contributed by atoms with Gasteiger partial charge < -0.3 is 0 Å². The number of hydrogen-bond donors (Lipinski definition) is 2. The van der Waals surface area contributed by atoms with E-state index in [4.69, 9.17) is 0 Å². The molecule has 0 aliphatic heterocycles. The summed E-state index contributed by atoms with van der Waals surface area (Å²) >= 11 is 0. The number of benzene rings is 2. The first kappa shape index (κ1) is 17.7. The van der Waals surface area contributed by atoms with E-state index in [9.17, 15) is 0 Å². The van der Waals surface area contributed by atoms with E-state index < -0.39 is 0 Å². The van der Waals surface area contributed by atoms with E-state index in [0.717, 1.165) is 12.8 Å². The van der Waals surface area contributed by atoms with Crippen LogP contribution < -0.4 is 10.9 Å². The Morgan fingerprint density at radius 1 is 0.667 bits per heavy atom. The van der Waals surface area contributed by atoms with Gasteiger partial charge in [0.1, 0.15) is 0 Å². The number of nitrogens with one attached hydrogen (secondary N) is 2. The molecule has 0 aliphatic rings. The van der Waals surface area contributed by atoms with Crippen molar-refractivity contribution in [1.29, 1.82) is 0 Å². The lowest BCUT2D eigenvalue weighted by Gasteiger charge is -2.19. The highest BCUT2D eigenvalue weighted by molar-refractivity contribution is 5.85. The number of halogens is 1. The van der Waals surface area contributed by atoms with Crippen LogP contribution in [0.25, 0.3) is 0 Å². The van der Waals surface area contributed by atoms with Gasteiger partial charge in [-0.25, -0.2) is 0 Å². The molecule has 2 aromatic rings. The Balaban J connectivity index is 0.00000220. The third-order valence-electron chi connectivity index (χ3n) is 3.35. The van der Waals surface area contributed by atoms with Crippen molar-refractivity contribution >= 4 is 12.4 Å². The highest BCUT2D eigenvalue weighted by atomic mass is 35.5. The molecule has 2 rings (SSSR count). The van der Waals surface area contributed by atoms with Crippen LogP contribution in [-0.2, 0) is 12.8 Å². The van der Waals surface area contributed by atoms with Gasteiger partial charge >= 0.3 is 0 Å². The first-order chi connectivity index (χ1) is 9.74. The summed E-state index contributed by atoms with van der Waals surface area (Å²) in [7, 11) is 0. The summed E-state index contributed by atoms with van der Waals surface area (Å²) in [6.07, 6.45) is 2.07. The molecule has 0 heterocycles. The monoisotopic (exact) mass is 304 g/mol. The van der Waals surface area contributed by atoms with Crippen molar-refractivity contribution in [1.82, 2.24) is 10.9 Å². The minimum absolute atomic E-state index is 0. The van der Waals surface area contributed by atoms with Gasteiger partial charge in [0.15, 0.2) is 0 Å². The van der Waals surface area contributed by atoms with E-state index in [1.54, 1.807) is 0 Å². The fourth-order valence-corrected chi connectivity index (χ4v) is 2.32. The zero-order chi connectivity index (χ0) is 14.2. The van der Waals surface area contributed by atoms with Crippen LogP contribution in [0, 0.1) is 0 Å². The summed E-state index contributed by atoms with van der Waals surface area (Å²) < 4.78 is 0. The maximum atomic E-state index is 3.40. The van der Waals surface area contributed by atoms with Gasteiger partial charge in [0.25, 0.3) is 0 Å². The molecule has 0 saturated carbocycles. The summed E-state index contributed by atoms with van der Waals surface area (Å²) in [5.74, 6) is 0. The lowest BCUT2D eigenvalue weighted by molar-refractivity contribution is 0.394. The van der Waals surface area contributed by atoms with Crippen LogP contribution in [-0.4, -0.2) is 12.1 Å². The smallest absolute Gasteiger partial charge is 0.0225 e. The molecule has 2 N–H and O–H groups in total. The molecule has 114 valence electrons. The molecule has 0 spiro atoms. The molecule has 21 heavy (non-hydrogen) atoms. The van der Waals surface area contributed by atoms with Gasteiger partial charge in [-0.05, 0) is 37.8 Å². The Morgan fingerprint density at radius 3 is 1.33 bits per heavy atom. The SMILES string of the molecule is CC(Cc1ccccc1)NNC(C)Cc1ccccc1.Cl. The van der Waals surface area contributed by atoms with E-state index >= 15 is 0 Å². The van der Waals surface area contributed by atoms with E-state index in [1.165, 1.54) is 11.1 Å². The van der Waals surface area contributed by atoms with Crippen LogP contribution in [0.5, 0.6) is 0 Å². The lowest BCUT2D eigenvalue weighted by Crippen LogP contribution is -2.45. The molecule has 2 aromatic carbocycles. The number of rotatable bonds is 7. The van der Waals surface area contributed by atoms with Crippen molar-refractivity contribution in [2.24, 2.45) is 0 Å². The molecule has 2 atom stereocenters. The molecule has 2 unspecified atom stereocenters. The zero-order valence-corrected chi connectivity index (χ0v) is 13.6. The van der Waals surface area contributed by atoms with Crippen LogP contribution in [0.2, 0.25) is 0 Å². The molecular formula is C18H25ClN2. The first-order valence-corrected chi connectivity index (χ1v) is 7.33. The summed E-state index contributed by atoms with van der Waals surface area (Å²) in [6.45, 7) is 4.41. The summed E-state index contributed by atoms with van der Waals surface area (Å²) in [5, 5.41) is 0. The third-order valence-corrected chi connectivity index (χ3v) is 3.35.